The van der Waals surface area contributed by atoms with Crippen LogP contribution in [0.5, 0.6) is 46.0 Å². The number of methoxy groups -OCH3 is 4. The van der Waals surface area contributed by atoms with Gasteiger partial charge in [0.1, 0.15) is 61.3 Å². The quantitative estimate of drug-likeness (QED) is 0.0113. The lowest BCUT2D eigenvalue weighted by atomic mass is 9.80. The Labute approximate surface area is 740 Å². The molecule has 6 aromatic carbocycles. The lowest BCUT2D eigenvalue weighted by Gasteiger charge is -2.25. The van der Waals surface area contributed by atoms with Gasteiger partial charge in [-0.3, -0.25) is 19.2 Å². The summed E-state index contributed by atoms with van der Waals surface area (Å²) >= 11 is 3.14. The monoisotopic (exact) mass is 1760 g/mol. The van der Waals surface area contributed by atoms with Gasteiger partial charge in [-0.2, -0.15) is 0 Å². The van der Waals surface area contributed by atoms with E-state index >= 15 is 0 Å². The molecule has 2 aliphatic carbocycles. The van der Waals surface area contributed by atoms with Crippen LogP contribution in [0.1, 0.15) is 168 Å². The number of fused-ring (bicyclic) bond motifs is 1. The number of rotatable bonds is 44. The number of thiazole rings is 1. The summed E-state index contributed by atoms with van der Waals surface area (Å²) in [6.45, 7) is 22.1. The average molecular weight is 1760 g/mol. The standard InChI is InChI=1S/C36H37NO6S2.C17H22O5.C16H22O4.C15H18O5.C14H18O4/c1-20-4-19-31(44-20)25-9-11-26(12-10-25)34-37-32-29(42-35(40)27-13-5-23(6-14-27)21(2)38)17-18-30(33(32)45-34)43-36(41)28-15-7-24(8-16-28)22(3)39;1-3-16(18)21-12-6-4-5-7-13-22-17(19)14-8-10-15(20-2)11-9-14;1-3-16(17)20-13-7-5-4-6-12-19-15-10-8-14(18-2)9-11-15;1-3-14(16)19-10-4-5-11-20-15(17)12-6-8-13(18-2)9-7-12;1-3-14(15)18-11-5-4-10-17-13-8-6-12(16-2)7-9-13/h4,9-12,17-19,23-24,27-28H,5-8,13-16H2,1-3H3;3,8-11H,1,4-7,12-13H2,2H3;3,8-11H,1,4-7,12-13H2,2H3;3,6-9H,1,4-5,10-11H2,2H3;3,6-9H,1,4-5,10-11H2,2H3. The first kappa shape index (κ1) is 102. The van der Waals surface area contributed by atoms with Crippen LogP contribution in [0.2, 0.25) is 0 Å². The smallest absolute Gasteiger partial charge is 0.338 e. The molecule has 8 aromatic rings. The highest BCUT2D eigenvalue weighted by atomic mass is 32.1. The summed E-state index contributed by atoms with van der Waals surface area (Å²) in [5, 5.41) is 0.726. The van der Waals surface area contributed by atoms with Gasteiger partial charge < -0.3 is 66.3 Å². The van der Waals surface area contributed by atoms with E-state index in [1.54, 1.807) is 114 Å². The van der Waals surface area contributed by atoms with Crippen molar-refractivity contribution in [2.75, 3.05) is 81.3 Å². The third kappa shape index (κ3) is 38.2. The third-order valence-corrected chi connectivity index (χ3v) is 22.1. The minimum Gasteiger partial charge on any atom is -0.497 e. The van der Waals surface area contributed by atoms with Crippen molar-refractivity contribution in [1.82, 2.24) is 4.98 Å². The molecule has 670 valence electrons. The van der Waals surface area contributed by atoms with Gasteiger partial charge in [0, 0.05) is 51.5 Å². The molecule has 25 nitrogen and oxygen atoms in total. The van der Waals surface area contributed by atoms with E-state index in [4.69, 9.17) is 71.3 Å². The molecule has 0 N–H and O–H groups in total. The molecule has 0 bridgehead atoms. The highest BCUT2D eigenvalue weighted by Crippen LogP contribution is 2.43. The zero-order chi connectivity index (χ0) is 90.5. The third-order valence-electron chi connectivity index (χ3n) is 19.9. The Morgan fingerprint density at radius 1 is 0.344 bits per heavy atom. The predicted molar refractivity (Wildman–Crippen MR) is 480 cm³/mol. The number of carbonyl (C=O) groups is 10. The first-order valence-electron chi connectivity index (χ1n) is 41.9. The van der Waals surface area contributed by atoms with Crippen LogP contribution in [0, 0.1) is 30.6 Å². The number of aromatic nitrogens is 1. The summed E-state index contributed by atoms with van der Waals surface area (Å²) in [5.41, 5.74) is 3.50. The summed E-state index contributed by atoms with van der Waals surface area (Å²) in [5.74, 6) is 2.33. The van der Waals surface area contributed by atoms with Gasteiger partial charge in [-0.15, -0.1) is 22.7 Å². The maximum atomic E-state index is 13.3. The molecule has 0 amide bonds. The van der Waals surface area contributed by atoms with Crippen LogP contribution in [0.15, 0.2) is 196 Å². The molecular weight excluding hydrogens is 1640 g/mol. The maximum absolute atomic E-state index is 13.3. The molecule has 2 heterocycles. The minimum absolute atomic E-state index is 0.0172. The SMILES string of the molecule is C=CC(=O)OCCCCCCOC(=O)c1ccc(OC)cc1.C=CC(=O)OCCCCCCOc1ccc(OC)cc1.C=CC(=O)OCCCCOC(=O)c1ccc(OC)cc1.C=CC(=O)OCCCCOc1ccc(OC)cc1.CC(=O)C1CCC(C(=O)Oc2ccc(OC(=O)C3CCC(C(C)=O)CC3)c3sc(-c4ccc(-c5ccc(C)s5)cc4)nc23)CC1. The molecule has 2 aliphatic rings. The van der Waals surface area contributed by atoms with Gasteiger partial charge in [0.05, 0.1) is 104 Å². The molecular formula is C98H117NO24S2. The Bertz CT molecular complexity index is 4600. The van der Waals surface area contributed by atoms with Gasteiger partial charge in [-0.1, -0.05) is 50.6 Å². The van der Waals surface area contributed by atoms with E-state index < -0.39 is 11.9 Å². The Morgan fingerprint density at radius 2 is 0.648 bits per heavy atom. The van der Waals surface area contributed by atoms with Crippen LogP contribution in [0.3, 0.4) is 0 Å². The van der Waals surface area contributed by atoms with E-state index in [0.29, 0.717) is 155 Å². The van der Waals surface area contributed by atoms with Crippen molar-refractivity contribution < 1.29 is 114 Å². The summed E-state index contributed by atoms with van der Waals surface area (Å²) < 4.78 is 73.5. The van der Waals surface area contributed by atoms with E-state index in [0.717, 1.165) is 122 Å². The van der Waals surface area contributed by atoms with E-state index in [9.17, 15) is 47.9 Å². The fourth-order valence-corrected chi connectivity index (χ4v) is 14.5. The average Bonchev–Trinajstić information content (AvgIpc) is 1.63. The second-order valence-corrected chi connectivity index (χ2v) is 31.2. The lowest BCUT2D eigenvalue weighted by Crippen LogP contribution is -2.28. The second-order valence-electron chi connectivity index (χ2n) is 28.9. The van der Waals surface area contributed by atoms with E-state index in [1.165, 1.54) is 27.2 Å². The Morgan fingerprint density at radius 3 is 0.992 bits per heavy atom. The number of nitrogens with zero attached hydrogens (tertiary/aromatic N) is 1. The van der Waals surface area contributed by atoms with Crippen LogP contribution in [0.4, 0.5) is 0 Å². The number of aryl methyl sites for hydroxylation is 1. The number of carbonyl (C=O) groups excluding carboxylic acids is 10. The van der Waals surface area contributed by atoms with Gasteiger partial charge in [0.25, 0.3) is 0 Å². The number of ketones is 2. The normalized spacial score (nSPS) is 14.1. The zero-order valence-electron chi connectivity index (χ0n) is 72.7. The number of thiophene rings is 1. The van der Waals surface area contributed by atoms with Crippen LogP contribution < -0.4 is 37.9 Å². The molecule has 0 atom stereocenters. The van der Waals surface area contributed by atoms with E-state index in [2.05, 4.69) is 57.5 Å². The molecule has 0 spiro atoms. The summed E-state index contributed by atoms with van der Waals surface area (Å²) in [6, 6.07) is 44.2. The molecule has 0 unspecified atom stereocenters. The fraction of sp³-hybridized carbons (Fsp3) is 0.398. The van der Waals surface area contributed by atoms with E-state index in [-0.39, 0.29) is 77.7 Å². The number of ether oxygens (including phenoxy) is 14. The van der Waals surface area contributed by atoms with Crippen molar-refractivity contribution in [3.63, 3.8) is 0 Å². The predicted octanol–water partition coefficient (Wildman–Crippen LogP) is 20.1. The molecule has 10 rings (SSSR count). The summed E-state index contributed by atoms with van der Waals surface area (Å²) in [7, 11) is 6.40. The second kappa shape index (κ2) is 58.0. The largest absolute Gasteiger partial charge is 0.497 e. The van der Waals surface area contributed by atoms with Gasteiger partial charge in [-0.05, 0) is 276 Å². The molecule has 125 heavy (non-hydrogen) atoms. The number of esters is 8. The Balaban J connectivity index is 0.000000258. The fourth-order valence-electron chi connectivity index (χ4n) is 12.6. The van der Waals surface area contributed by atoms with Crippen molar-refractivity contribution in [2.45, 2.75) is 149 Å². The number of benzene rings is 6. The Kier molecular flexibility index (Phi) is 47.1. The molecule has 27 heteroatoms. The minimum atomic E-state index is -0.444. The first-order chi connectivity index (χ1) is 60.5. The van der Waals surface area contributed by atoms with Crippen LogP contribution in [-0.2, 0) is 66.8 Å². The van der Waals surface area contributed by atoms with Crippen LogP contribution in [0.25, 0.3) is 31.2 Å². The lowest BCUT2D eigenvalue weighted by molar-refractivity contribution is -0.141. The first-order valence-corrected chi connectivity index (χ1v) is 43.5. The molecule has 0 saturated heterocycles. The van der Waals surface area contributed by atoms with Gasteiger partial charge >= 0.3 is 47.8 Å². The molecule has 0 aliphatic heterocycles. The number of Topliss-reactive ketones (excluding diaryl/α,β-unsaturated/α-hetero) is 2. The number of hydrogen-bond donors (Lipinski definition) is 0. The van der Waals surface area contributed by atoms with Crippen molar-refractivity contribution in [2.24, 2.45) is 23.7 Å². The zero-order valence-corrected chi connectivity index (χ0v) is 74.3. The van der Waals surface area contributed by atoms with Crippen LogP contribution in [-0.4, -0.2) is 146 Å². The maximum Gasteiger partial charge on any atom is 0.338 e. The number of hydrogen-bond acceptors (Lipinski definition) is 27. The molecule has 2 fully saturated rings. The van der Waals surface area contributed by atoms with Crippen molar-refractivity contribution in [3.8, 4) is 67.0 Å². The van der Waals surface area contributed by atoms with Gasteiger partial charge in [0.15, 0.2) is 11.5 Å². The highest BCUT2D eigenvalue weighted by molar-refractivity contribution is 7.22. The van der Waals surface area contributed by atoms with Gasteiger partial charge in [-0.25, -0.2) is 33.8 Å². The number of unbranched alkanes of at least 4 members (excludes halogenated alkanes) is 8. The van der Waals surface area contributed by atoms with E-state index in [1.807, 2.05) is 60.7 Å². The topological polar surface area (TPSA) is 313 Å². The molecule has 2 aromatic heterocycles. The van der Waals surface area contributed by atoms with Gasteiger partial charge in [0.2, 0.25) is 0 Å². The van der Waals surface area contributed by atoms with Crippen molar-refractivity contribution >= 4 is 92.2 Å². The highest BCUT2D eigenvalue weighted by Gasteiger charge is 2.33. The summed E-state index contributed by atoms with van der Waals surface area (Å²) in [4.78, 5) is 124. The molecule has 0 radical (unpaired) electrons. The van der Waals surface area contributed by atoms with Crippen molar-refractivity contribution in [3.05, 3.63) is 212 Å². The van der Waals surface area contributed by atoms with Crippen molar-refractivity contribution in [1.29, 1.82) is 0 Å². The van der Waals surface area contributed by atoms with Crippen LogP contribution >= 0.6 is 22.7 Å². The Hall–Kier alpha value is -12.2. The summed E-state index contributed by atoms with van der Waals surface area (Å²) in [6.07, 6.45) is 20.1. The molecule has 2 saturated carbocycles.